The number of ether oxygens (including phenoxy) is 2. The minimum absolute atomic E-state index is 0.00771. The van der Waals surface area contributed by atoms with Gasteiger partial charge in [0.1, 0.15) is 12.6 Å². The van der Waals surface area contributed by atoms with Gasteiger partial charge in [0, 0.05) is 18.6 Å². The first kappa shape index (κ1) is 15.7. The SMILES string of the molecule is CCCC(=O)OC[C@@H]1NC(=O)O[C@H]1c1ccc([N+](=O)[O-])cc1. The number of nitro benzene ring substituents is 1. The molecule has 0 bridgehead atoms. The van der Waals surface area contributed by atoms with Crippen LogP contribution in [0.1, 0.15) is 31.4 Å². The van der Waals surface area contributed by atoms with E-state index < -0.39 is 23.2 Å². The highest BCUT2D eigenvalue weighted by Gasteiger charge is 2.36. The van der Waals surface area contributed by atoms with E-state index in [1.54, 1.807) is 0 Å². The van der Waals surface area contributed by atoms with Crippen LogP contribution in [0.5, 0.6) is 0 Å². The molecule has 2 atom stereocenters. The van der Waals surface area contributed by atoms with Crippen molar-refractivity contribution in [2.45, 2.75) is 31.9 Å². The lowest BCUT2D eigenvalue weighted by Gasteiger charge is -2.17. The Morgan fingerprint density at radius 1 is 1.41 bits per heavy atom. The van der Waals surface area contributed by atoms with Crippen LogP contribution in [0.4, 0.5) is 10.5 Å². The average molecular weight is 308 g/mol. The molecule has 1 aromatic rings. The van der Waals surface area contributed by atoms with Gasteiger partial charge in [-0.05, 0) is 24.1 Å². The minimum atomic E-state index is -0.650. The number of alkyl carbamates (subject to hydrolysis) is 1. The molecule has 0 aromatic heterocycles. The highest BCUT2D eigenvalue weighted by molar-refractivity contribution is 5.71. The standard InChI is InChI=1S/C14H16N2O6/c1-2-3-12(17)21-8-11-13(22-14(18)15-11)9-4-6-10(7-5-9)16(19)20/h4-7,11,13H,2-3,8H2,1H3,(H,15,18)/t11-,13-/m0/s1. The lowest BCUT2D eigenvalue weighted by Crippen LogP contribution is -2.33. The van der Waals surface area contributed by atoms with Crippen molar-refractivity contribution in [3.8, 4) is 0 Å². The van der Waals surface area contributed by atoms with Gasteiger partial charge >= 0.3 is 12.1 Å². The van der Waals surface area contributed by atoms with Crippen LogP contribution in [0.3, 0.4) is 0 Å². The van der Waals surface area contributed by atoms with Crippen molar-refractivity contribution in [1.29, 1.82) is 0 Å². The Morgan fingerprint density at radius 2 is 2.09 bits per heavy atom. The van der Waals surface area contributed by atoms with Crippen LogP contribution in [0.15, 0.2) is 24.3 Å². The Morgan fingerprint density at radius 3 is 2.68 bits per heavy atom. The van der Waals surface area contributed by atoms with Gasteiger partial charge in [0.25, 0.3) is 5.69 Å². The van der Waals surface area contributed by atoms with Gasteiger partial charge in [-0.3, -0.25) is 14.9 Å². The number of esters is 1. The molecule has 0 aliphatic carbocycles. The summed E-state index contributed by atoms with van der Waals surface area (Å²) in [4.78, 5) is 32.9. The molecule has 1 N–H and O–H groups in total. The first-order valence-electron chi connectivity index (χ1n) is 6.88. The Bertz CT molecular complexity index is 571. The molecule has 8 nitrogen and oxygen atoms in total. The van der Waals surface area contributed by atoms with Crippen LogP contribution in [-0.4, -0.2) is 29.6 Å². The zero-order chi connectivity index (χ0) is 16.1. The van der Waals surface area contributed by atoms with Crippen molar-refractivity contribution in [3.05, 3.63) is 39.9 Å². The molecule has 1 heterocycles. The van der Waals surface area contributed by atoms with Crippen molar-refractivity contribution >= 4 is 17.7 Å². The minimum Gasteiger partial charge on any atom is -0.463 e. The van der Waals surface area contributed by atoms with Gasteiger partial charge in [-0.25, -0.2) is 4.79 Å². The molecule has 2 rings (SSSR count). The van der Waals surface area contributed by atoms with Crippen molar-refractivity contribution in [3.63, 3.8) is 0 Å². The van der Waals surface area contributed by atoms with E-state index in [1.807, 2.05) is 6.92 Å². The van der Waals surface area contributed by atoms with E-state index in [0.29, 0.717) is 18.4 Å². The largest absolute Gasteiger partial charge is 0.463 e. The highest BCUT2D eigenvalue weighted by atomic mass is 16.6. The number of nitrogens with zero attached hydrogens (tertiary/aromatic N) is 1. The van der Waals surface area contributed by atoms with E-state index >= 15 is 0 Å². The van der Waals surface area contributed by atoms with Crippen LogP contribution < -0.4 is 5.32 Å². The lowest BCUT2D eigenvalue weighted by atomic mass is 10.0. The van der Waals surface area contributed by atoms with Crippen molar-refractivity contribution in [1.82, 2.24) is 5.32 Å². The molecule has 22 heavy (non-hydrogen) atoms. The van der Waals surface area contributed by atoms with E-state index in [2.05, 4.69) is 5.32 Å². The first-order chi connectivity index (χ1) is 10.5. The molecule has 0 radical (unpaired) electrons. The summed E-state index contributed by atoms with van der Waals surface area (Å²) in [5, 5.41) is 13.2. The number of nitrogens with one attached hydrogen (secondary N) is 1. The Kier molecular flexibility index (Phi) is 4.92. The molecule has 8 heteroatoms. The van der Waals surface area contributed by atoms with E-state index in [0.717, 1.165) is 0 Å². The van der Waals surface area contributed by atoms with Crippen molar-refractivity contribution < 1.29 is 24.0 Å². The summed E-state index contributed by atoms with van der Waals surface area (Å²) in [7, 11) is 0. The number of cyclic esters (lactones) is 1. The Hall–Kier alpha value is -2.64. The van der Waals surface area contributed by atoms with E-state index in [9.17, 15) is 19.7 Å². The van der Waals surface area contributed by atoms with Crippen LogP contribution in [0, 0.1) is 10.1 Å². The fourth-order valence-electron chi connectivity index (χ4n) is 2.13. The van der Waals surface area contributed by atoms with Gasteiger partial charge in [-0.15, -0.1) is 0 Å². The number of amides is 1. The van der Waals surface area contributed by atoms with Crippen molar-refractivity contribution in [2.24, 2.45) is 0 Å². The van der Waals surface area contributed by atoms with Crippen LogP contribution in [0.25, 0.3) is 0 Å². The molecule has 0 spiro atoms. The fraction of sp³-hybridized carbons (Fsp3) is 0.429. The lowest BCUT2D eigenvalue weighted by molar-refractivity contribution is -0.384. The number of hydrogen-bond acceptors (Lipinski definition) is 6. The normalized spacial score (nSPS) is 20.1. The van der Waals surface area contributed by atoms with Crippen LogP contribution in [0.2, 0.25) is 0 Å². The summed E-state index contributed by atoms with van der Waals surface area (Å²) in [6, 6.07) is 5.19. The third-order valence-electron chi connectivity index (χ3n) is 3.21. The van der Waals surface area contributed by atoms with Crippen LogP contribution in [-0.2, 0) is 14.3 Å². The summed E-state index contributed by atoms with van der Waals surface area (Å²) < 4.78 is 10.2. The maximum atomic E-state index is 11.4. The second-order valence-corrected chi connectivity index (χ2v) is 4.86. The van der Waals surface area contributed by atoms with Crippen LogP contribution >= 0.6 is 0 Å². The number of non-ortho nitro benzene ring substituents is 1. The molecule has 1 aliphatic heterocycles. The molecule has 1 amide bonds. The number of hydrogen-bond donors (Lipinski definition) is 1. The van der Waals surface area contributed by atoms with Gasteiger partial charge in [-0.2, -0.15) is 0 Å². The van der Waals surface area contributed by atoms with Gasteiger partial charge in [0.05, 0.1) is 4.92 Å². The number of rotatable bonds is 6. The fourth-order valence-corrected chi connectivity index (χ4v) is 2.13. The van der Waals surface area contributed by atoms with Crippen molar-refractivity contribution in [2.75, 3.05) is 6.61 Å². The number of benzene rings is 1. The predicted molar refractivity (Wildman–Crippen MR) is 75.1 cm³/mol. The zero-order valence-electron chi connectivity index (χ0n) is 12.0. The van der Waals surface area contributed by atoms with Gasteiger partial charge < -0.3 is 14.8 Å². The van der Waals surface area contributed by atoms with Gasteiger partial charge in [0.15, 0.2) is 6.10 Å². The summed E-state index contributed by atoms with van der Waals surface area (Å²) in [5.41, 5.74) is 0.549. The summed E-state index contributed by atoms with van der Waals surface area (Å²) in [5.74, 6) is -0.342. The molecule has 1 aliphatic rings. The Labute approximate surface area is 126 Å². The summed E-state index contributed by atoms with van der Waals surface area (Å²) in [6.07, 6.45) is -0.274. The summed E-state index contributed by atoms with van der Waals surface area (Å²) >= 11 is 0. The molecule has 0 unspecified atom stereocenters. The second kappa shape index (κ2) is 6.88. The monoisotopic (exact) mass is 308 g/mol. The molecule has 0 saturated carbocycles. The molecule has 1 saturated heterocycles. The van der Waals surface area contributed by atoms with Gasteiger partial charge in [-0.1, -0.05) is 6.92 Å². The zero-order valence-corrected chi connectivity index (χ0v) is 12.0. The number of carbonyl (C=O) groups is 2. The van der Waals surface area contributed by atoms with E-state index in [1.165, 1.54) is 24.3 Å². The third kappa shape index (κ3) is 3.72. The van der Waals surface area contributed by atoms with E-state index in [4.69, 9.17) is 9.47 Å². The second-order valence-electron chi connectivity index (χ2n) is 4.86. The topological polar surface area (TPSA) is 108 Å². The quantitative estimate of drug-likeness (QED) is 0.490. The molecule has 1 fully saturated rings. The smallest absolute Gasteiger partial charge is 0.408 e. The summed E-state index contributed by atoms with van der Waals surface area (Å²) in [6.45, 7) is 1.85. The van der Waals surface area contributed by atoms with Gasteiger partial charge in [0.2, 0.25) is 0 Å². The number of carbonyl (C=O) groups excluding carboxylic acids is 2. The third-order valence-corrected chi connectivity index (χ3v) is 3.21. The molecule has 1 aromatic carbocycles. The average Bonchev–Trinajstić information content (AvgIpc) is 2.86. The molecular formula is C14H16N2O6. The first-order valence-corrected chi connectivity index (χ1v) is 6.88. The number of nitro groups is 1. The Balaban J connectivity index is 2.05. The molecular weight excluding hydrogens is 292 g/mol. The molecule has 118 valence electrons. The van der Waals surface area contributed by atoms with E-state index in [-0.39, 0.29) is 18.3 Å². The highest BCUT2D eigenvalue weighted by Crippen LogP contribution is 2.28. The predicted octanol–water partition coefficient (Wildman–Crippen LogP) is 2.09. The maximum absolute atomic E-state index is 11.4. The maximum Gasteiger partial charge on any atom is 0.408 e.